The van der Waals surface area contributed by atoms with Crippen molar-refractivity contribution in [2.24, 2.45) is 0 Å². The lowest BCUT2D eigenvalue weighted by Crippen LogP contribution is -2.02. The van der Waals surface area contributed by atoms with Crippen molar-refractivity contribution in [3.05, 3.63) is 44.7 Å². The van der Waals surface area contributed by atoms with Gasteiger partial charge in [0.15, 0.2) is 16.2 Å². The van der Waals surface area contributed by atoms with Crippen molar-refractivity contribution in [2.75, 3.05) is 13.2 Å². The van der Waals surface area contributed by atoms with Crippen LogP contribution in [0.3, 0.4) is 0 Å². The van der Waals surface area contributed by atoms with Gasteiger partial charge < -0.3 is 19.0 Å². The predicted octanol–water partition coefficient (Wildman–Crippen LogP) is 4.68. The lowest BCUT2D eigenvalue weighted by molar-refractivity contribution is 0.186. The Morgan fingerprint density at radius 3 is 2.33 bits per heavy atom. The summed E-state index contributed by atoms with van der Waals surface area (Å²) in [6.07, 6.45) is -0.873. The Morgan fingerprint density at radius 1 is 1.10 bits per heavy atom. The number of furan rings is 1. The monoisotopic (exact) mass is 418 g/mol. The van der Waals surface area contributed by atoms with Crippen molar-refractivity contribution < 1.29 is 19.0 Å². The smallest absolute Gasteiger partial charge is 0.183 e. The van der Waals surface area contributed by atoms with Crippen molar-refractivity contribution >= 4 is 31.9 Å². The van der Waals surface area contributed by atoms with Gasteiger partial charge in [-0.05, 0) is 69.5 Å². The average Bonchev–Trinajstić information content (AvgIpc) is 2.80. The summed E-state index contributed by atoms with van der Waals surface area (Å²) in [5.74, 6) is 1.72. The molecule has 0 fully saturated rings. The van der Waals surface area contributed by atoms with Gasteiger partial charge in [-0.15, -0.1) is 0 Å². The first-order valence-corrected chi connectivity index (χ1v) is 8.17. The normalized spacial score (nSPS) is 12.2. The molecule has 1 heterocycles. The Balaban J connectivity index is 2.32. The van der Waals surface area contributed by atoms with Gasteiger partial charge in [-0.3, -0.25) is 0 Å². The summed E-state index contributed by atoms with van der Waals surface area (Å²) < 4.78 is 17.8. The Bertz CT molecular complexity index is 590. The highest BCUT2D eigenvalue weighted by molar-refractivity contribution is 9.13. The highest BCUT2D eigenvalue weighted by Crippen LogP contribution is 2.36. The maximum absolute atomic E-state index is 10.4. The zero-order chi connectivity index (χ0) is 15.4. The van der Waals surface area contributed by atoms with Crippen molar-refractivity contribution in [2.45, 2.75) is 20.0 Å². The summed E-state index contributed by atoms with van der Waals surface area (Å²) in [5.41, 5.74) is 0.677. The molecule has 6 heteroatoms. The summed E-state index contributed by atoms with van der Waals surface area (Å²) in [6, 6.07) is 7.08. The molecule has 21 heavy (non-hydrogen) atoms. The van der Waals surface area contributed by atoms with E-state index in [1.807, 2.05) is 13.8 Å². The number of aliphatic hydroxyl groups is 1. The average molecular weight is 420 g/mol. The van der Waals surface area contributed by atoms with Crippen LogP contribution in [-0.2, 0) is 0 Å². The molecule has 2 aromatic rings. The van der Waals surface area contributed by atoms with Gasteiger partial charge >= 0.3 is 0 Å². The maximum Gasteiger partial charge on any atom is 0.183 e. The Morgan fingerprint density at radius 2 is 1.76 bits per heavy atom. The van der Waals surface area contributed by atoms with Crippen LogP contribution in [0, 0.1) is 0 Å². The molecule has 1 unspecified atom stereocenters. The number of hydrogen-bond donors (Lipinski definition) is 1. The zero-order valence-electron chi connectivity index (χ0n) is 11.7. The molecule has 0 aliphatic heterocycles. The summed E-state index contributed by atoms with van der Waals surface area (Å²) in [5, 5.41) is 10.4. The van der Waals surface area contributed by atoms with Gasteiger partial charge in [0.1, 0.15) is 11.9 Å². The van der Waals surface area contributed by atoms with Crippen LogP contribution in [0.5, 0.6) is 11.5 Å². The summed E-state index contributed by atoms with van der Waals surface area (Å²) in [6.45, 7) is 4.90. The molecule has 0 amide bonds. The van der Waals surface area contributed by atoms with Crippen LogP contribution >= 0.6 is 31.9 Å². The van der Waals surface area contributed by atoms with Gasteiger partial charge in [0.25, 0.3) is 0 Å². The van der Waals surface area contributed by atoms with E-state index in [1.165, 1.54) is 0 Å². The van der Waals surface area contributed by atoms with Crippen molar-refractivity contribution in [3.63, 3.8) is 0 Å². The van der Waals surface area contributed by atoms with Crippen LogP contribution in [0.15, 0.2) is 37.8 Å². The van der Waals surface area contributed by atoms with E-state index < -0.39 is 6.10 Å². The van der Waals surface area contributed by atoms with E-state index in [2.05, 4.69) is 31.9 Å². The second kappa shape index (κ2) is 7.33. The Labute approximate surface area is 140 Å². The second-order valence-electron chi connectivity index (χ2n) is 4.25. The topological polar surface area (TPSA) is 51.8 Å². The van der Waals surface area contributed by atoms with Crippen LogP contribution in [0.4, 0.5) is 0 Å². The molecule has 0 spiro atoms. The number of halogens is 2. The molecule has 2 rings (SSSR count). The lowest BCUT2D eigenvalue weighted by Gasteiger charge is -2.14. The molecule has 0 saturated carbocycles. The second-order valence-corrected chi connectivity index (χ2v) is 5.82. The lowest BCUT2D eigenvalue weighted by atomic mass is 10.1. The molecule has 0 aliphatic carbocycles. The Hall–Kier alpha value is -0.980. The van der Waals surface area contributed by atoms with E-state index in [1.54, 1.807) is 24.3 Å². The van der Waals surface area contributed by atoms with Gasteiger partial charge in [-0.25, -0.2) is 0 Å². The number of rotatable bonds is 6. The minimum absolute atomic E-state index is 0.445. The van der Waals surface area contributed by atoms with Gasteiger partial charge in [0, 0.05) is 0 Å². The van der Waals surface area contributed by atoms with E-state index in [9.17, 15) is 5.11 Å². The van der Waals surface area contributed by atoms with E-state index >= 15 is 0 Å². The predicted molar refractivity (Wildman–Crippen MR) is 86.9 cm³/mol. The summed E-state index contributed by atoms with van der Waals surface area (Å²) >= 11 is 6.59. The minimum atomic E-state index is -0.873. The maximum atomic E-state index is 10.4. The number of hydrogen-bond acceptors (Lipinski definition) is 4. The quantitative estimate of drug-likeness (QED) is 0.738. The third-order valence-electron chi connectivity index (χ3n) is 2.82. The highest BCUT2D eigenvalue weighted by Gasteiger charge is 2.19. The van der Waals surface area contributed by atoms with E-state index in [-0.39, 0.29) is 0 Å². The molecule has 114 valence electrons. The van der Waals surface area contributed by atoms with Crippen LogP contribution in [0.2, 0.25) is 0 Å². The molecule has 0 aliphatic rings. The summed E-state index contributed by atoms with van der Waals surface area (Å²) in [4.78, 5) is 0. The minimum Gasteiger partial charge on any atom is -0.490 e. The van der Waals surface area contributed by atoms with Crippen LogP contribution in [0.25, 0.3) is 0 Å². The zero-order valence-corrected chi connectivity index (χ0v) is 14.9. The molecule has 1 atom stereocenters. The molecular formula is C15H16Br2O4. The fourth-order valence-corrected chi connectivity index (χ4v) is 2.51. The van der Waals surface area contributed by atoms with Crippen LogP contribution in [-0.4, -0.2) is 18.3 Å². The molecule has 1 aromatic carbocycles. The first-order valence-electron chi connectivity index (χ1n) is 6.59. The molecule has 1 N–H and O–H groups in total. The van der Waals surface area contributed by atoms with E-state index in [0.29, 0.717) is 40.7 Å². The first-order chi connectivity index (χ1) is 10.1. The third kappa shape index (κ3) is 3.81. The highest BCUT2D eigenvalue weighted by atomic mass is 79.9. The molecule has 1 aromatic heterocycles. The molecular weight excluding hydrogens is 404 g/mol. The van der Waals surface area contributed by atoms with Gasteiger partial charge in [-0.1, -0.05) is 6.07 Å². The first kappa shape index (κ1) is 16.4. The molecule has 0 radical (unpaired) electrons. The fraction of sp³-hybridized carbons (Fsp3) is 0.333. The molecule has 4 nitrogen and oxygen atoms in total. The summed E-state index contributed by atoms with van der Waals surface area (Å²) in [7, 11) is 0. The van der Waals surface area contributed by atoms with Gasteiger partial charge in [0.2, 0.25) is 0 Å². The van der Waals surface area contributed by atoms with Crippen LogP contribution in [0.1, 0.15) is 31.3 Å². The molecule has 0 saturated heterocycles. The van der Waals surface area contributed by atoms with E-state index in [0.717, 1.165) is 4.47 Å². The molecule has 0 bridgehead atoms. The number of ether oxygens (including phenoxy) is 2. The fourth-order valence-electron chi connectivity index (χ4n) is 1.90. The Kier molecular flexibility index (Phi) is 5.72. The SMILES string of the molecule is CCOc1ccc(C(O)c2cc(Br)c(Br)o2)cc1OCC. The van der Waals surface area contributed by atoms with Crippen molar-refractivity contribution in [3.8, 4) is 11.5 Å². The van der Waals surface area contributed by atoms with Crippen molar-refractivity contribution in [1.29, 1.82) is 0 Å². The standard InChI is InChI=1S/C15H16Br2O4/c1-3-19-11-6-5-9(7-12(11)20-4-2)14(18)13-8-10(16)15(17)21-13/h5-8,14,18H,3-4H2,1-2H3. The van der Waals surface area contributed by atoms with Gasteiger partial charge in [-0.2, -0.15) is 0 Å². The number of benzene rings is 1. The van der Waals surface area contributed by atoms with Gasteiger partial charge in [0.05, 0.1) is 17.7 Å². The number of aliphatic hydroxyl groups excluding tert-OH is 1. The van der Waals surface area contributed by atoms with E-state index in [4.69, 9.17) is 13.9 Å². The largest absolute Gasteiger partial charge is 0.490 e. The van der Waals surface area contributed by atoms with Crippen molar-refractivity contribution in [1.82, 2.24) is 0 Å². The van der Waals surface area contributed by atoms with Crippen LogP contribution < -0.4 is 9.47 Å². The third-order valence-corrected chi connectivity index (χ3v) is 4.53.